The van der Waals surface area contributed by atoms with Crippen LogP contribution in [0.1, 0.15) is 10.4 Å². The second-order valence-corrected chi connectivity index (χ2v) is 4.60. The topological polar surface area (TPSA) is 106 Å². The monoisotopic (exact) mass is 290 g/mol. The van der Waals surface area contributed by atoms with E-state index in [9.17, 15) is 9.90 Å². The highest BCUT2D eigenvalue weighted by Gasteiger charge is 2.21. The number of tetrazole rings is 1. The number of aromatic nitrogens is 5. The van der Waals surface area contributed by atoms with Gasteiger partial charge in [-0.1, -0.05) is 0 Å². The van der Waals surface area contributed by atoms with Crippen LogP contribution in [-0.2, 0) is 11.8 Å². The van der Waals surface area contributed by atoms with Crippen LogP contribution >= 0.6 is 0 Å². The van der Waals surface area contributed by atoms with Gasteiger partial charge in [-0.15, -0.1) is 10.2 Å². The number of morpholine rings is 1. The Hall–Kier alpha value is -2.55. The highest BCUT2D eigenvalue weighted by atomic mass is 16.5. The molecule has 1 N–H and O–H groups in total. The van der Waals surface area contributed by atoms with Crippen molar-refractivity contribution in [1.29, 1.82) is 0 Å². The molecule has 0 saturated carbocycles. The van der Waals surface area contributed by atoms with Crippen LogP contribution in [-0.4, -0.2) is 62.6 Å². The summed E-state index contributed by atoms with van der Waals surface area (Å²) in [7, 11) is 1.64. The van der Waals surface area contributed by atoms with Crippen LogP contribution in [0.15, 0.2) is 12.3 Å². The molecule has 0 atom stereocenters. The Labute approximate surface area is 120 Å². The van der Waals surface area contributed by atoms with Gasteiger partial charge in [-0.3, -0.25) is 0 Å². The summed E-state index contributed by atoms with van der Waals surface area (Å²) in [6.45, 7) is 2.37. The van der Waals surface area contributed by atoms with Gasteiger partial charge in [0.15, 0.2) is 0 Å². The number of nitrogens with zero attached hydrogens (tertiary/aromatic N) is 6. The zero-order valence-corrected chi connectivity index (χ0v) is 11.4. The number of hydrogen-bond acceptors (Lipinski definition) is 7. The Morgan fingerprint density at radius 3 is 2.76 bits per heavy atom. The highest BCUT2D eigenvalue weighted by Crippen LogP contribution is 2.23. The standard InChI is InChI=1S/C12H14N6O3/c1-17-15-10(14-16-17)8-6-9(12(19)20)11(13-7-8)18-2-4-21-5-3-18/h6-7H,2-5H2,1H3,(H,19,20). The molecule has 21 heavy (non-hydrogen) atoms. The Bertz CT molecular complexity index is 665. The molecule has 0 spiro atoms. The molecule has 9 heteroatoms. The van der Waals surface area contributed by atoms with E-state index in [4.69, 9.17) is 4.74 Å². The summed E-state index contributed by atoms with van der Waals surface area (Å²) in [5.74, 6) is -0.241. The van der Waals surface area contributed by atoms with Crippen molar-refractivity contribution in [2.75, 3.05) is 31.2 Å². The summed E-state index contributed by atoms with van der Waals surface area (Å²) >= 11 is 0. The van der Waals surface area contributed by atoms with Gasteiger partial charge in [0.1, 0.15) is 11.4 Å². The summed E-state index contributed by atoms with van der Waals surface area (Å²) in [5.41, 5.74) is 0.652. The summed E-state index contributed by atoms with van der Waals surface area (Å²) in [6, 6.07) is 1.52. The van der Waals surface area contributed by atoms with Gasteiger partial charge < -0.3 is 14.7 Å². The van der Waals surface area contributed by atoms with Gasteiger partial charge in [0.05, 0.1) is 20.3 Å². The first-order valence-corrected chi connectivity index (χ1v) is 6.45. The summed E-state index contributed by atoms with van der Waals surface area (Å²) < 4.78 is 5.27. The normalized spacial score (nSPS) is 15.2. The van der Waals surface area contributed by atoms with Crippen molar-refractivity contribution in [2.45, 2.75) is 0 Å². The summed E-state index contributed by atoms with van der Waals surface area (Å²) in [4.78, 5) is 19.0. The molecule has 3 rings (SSSR count). The van der Waals surface area contributed by atoms with Gasteiger partial charge in [-0.25, -0.2) is 9.78 Å². The molecule has 2 aromatic rings. The minimum atomic E-state index is -1.03. The number of carboxylic acid groups (broad SMARTS) is 1. The van der Waals surface area contributed by atoms with E-state index in [-0.39, 0.29) is 5.56 Å². The van der Waals surface area contributed by atoms with E-state index >= 15 is 0 Å². The molecule has 0 aliphatic carbocycles. The minimum Gasteiger partial charge on any atom is -0.478 e. The maximum atomic E-state index is 11.5. The first-order chi connectivity index (χ1) is 10.1. The predicted octanol–water partition coefficient (Wildman–Crippen LogP) is -0.193. The van der Waals surface area contributed by atoms with E-state index in [2.05, 4.69) is 20.4 Å². The maximum Gasteiger partial charge on any atom is 0.339 e. The Kier molecular flexibility index (Phi) is 3.48. The number of carbonyl (C=O) groups is 1. The van der Waals surface area contributed by atoms with Crippen molar-refractivity contribution >= 4 is 11.8 Å². The lowest BCUT2D eigenvalue weighted by Gasteiger charge is -2.28. The summed E-state index contributed by atoms with van der Waals surface area (Å²) in [5, 5.41) is 21.1. The third kappa shape index (κ3) is 2.68. The van der Waals surface area contributed by atoms with Crippen LogP contribution in [0.5, 0.6) is 0 Å². The van der Waals surface area contributed by atoms with Crippen LogP contribution in [0.2, 0.25) is 0 Å². The number of pyridine rings is 1. The largest absolute Gasteiger partial charge is 0.478 e. The van der Waals surface area contributed by atoms with Gasteiger partial charge in [-0.2, -0.15) is 4.80 Å². The predicted molar refractivity (Wildman–Crippen MR) is 72.0 cm³/mol. The first-order valence-electron chi connectivity index (χ1n) is 6.45. The molecule has 9 nitrogen and oxygen atoms in total. The van der Waals surface area contributed by atoms with E-state index in [1.807, 2.05) is 4.90 Å². The number of ether oxygens (including phenoxy) is 1. The molecule has 1 aliphatic rings. The van der Waals surface area contributed by atoms with E-state index in [0.717, 1.165) is 0 Å². The van der Waals surface area contributed by atoms with Crippen molar-refractivity contribution in [1.82, 2.24) is 25.2 Å². The van der Waals surface area contributed by atoms with E-state index < -0.39 is 5.97 Å². The third-order valence-electron chi connectivity index (χ3n) is 3.17. The number of aryl methyl sites for hydroxylation is 1. The third-order valence-corrected chi connectivity index (χ3v) is 3.17. The van der Waals surface area contributed by atoms with Crippen molar-refractivity contribution < 1.29 is 14.6 Å². The van der Waals surface area contributed by atoms with Crippen molar-refractivity contribution in [3.8, 4) is 11.4 Å². The van der Waals surface area contributed by atoms with Crippen molar-refractivity contribution in [3.63, 3.8) is 0 Å². The SMILES string of the molecule is Cn1nnc(-c2cnc(N3CCOCC3)c(C(=O)O)c2)n1. The fourth-order valence-electron chi connectivity index (χ4n) is 2.16. The first kappa shape index (κ1) is 13.4. The fourth-order valence-corrected chi connectivity index (χ4v) is 2.16. The molecule has 0 bridgehead atoms. The second kappa shape index (κ2) is 5.44. The molecule has 0 unspecified atom stereocenters. The second-order valence-electron chi connectivity index (χ2n) is 4.60. The minimum absolute atomic E-state index is 0.127. The van der Waals surface area contributed by atoms with Gasteiger partial charge in [0.2, 0.25) is 5.82 Å². The number of anilines is 1. The van der Waals surface area contributed by atoms with Crippen LogP contribution < -0.4 is 4.90 Å². The molecule has 110 valence electrons. The number of carboxylic acids is 1. The molecule has 1 fully saturated rings. The maximum absolute atomic E-state index is 11.5. The van der Waals surface area contributed by atoms with Gasteiger partial charge >= 0.3 is 5.97 Å². The zero-order valence-electron chi connectivity index (χ0n) is 11.4. The fraction of sp³-hybridized carbons (Fsp3) is 0.417. The average molecular weight is 290 g/mol. The van der Waals surface area contributed by atoms with E-state index in [1.54, 1.807) is 13.2 Å². The van der Waals surface area contributed by atoms with Crippen LogP contribution in [0.25, 0.3) is 11.4 Å². The van der Waals surface area contributed by atoms with Crippen LogP contribution in [0.4, 0.5) is 5.82 Å². The van der Waals surface area contributed by atoms with Crippen LogP contribution in [0.3, 0.4) is 0 Å². The zero-order chi connectivity index (χ0) is 14.8. The lowest BCUT2D eigenvalue weighted by Crippen LogP contribution is -2.37. The molecule has 0 aromatic carbocycles. The molecule has 0 radical (unpaired) electrons. The lowest BCUT2D eigenvalue weighted by molar-refractivity contribution is 0.0696. The van der Waals surface area contributed by atoms with Crippen molar-refractivity contribution in [2.24, 2.45) is 7.05 Å². The Morgan fingerprint density at radius 1 is 1.38 bits per heavy atom. The highest BCUT2D eigenvalue weighted by molar-refractivity contribution is 5.94. The molecule has 1 saturated heterocycles. The summed E-state index contributed by atoms with van der Waals surface area (Å²) in [6.07, 6.45) is 1.56. The quantitative estimate of drug-likeness (QED) is 0.828. The van der Waals surface area contributed by atoms with Gasteiger partial charge in [0.25, 0.3) is 0 Å². The molecular formula is C12H14N6O3. The number of hydrogen-bond donors (Lipinski definition) is 1. The van der Waals surface area contributed by atoms with E-state index in [1.165, 1.54) is 10.9 Å². The average Bonchev–Trinajstić information content (AvgIpc) is 2.94. The molecule has 0 amide bonds. The Morgan fingerprint density at radius 2 is 2.14 bits per heavy atom. The Balaban J connectivity index is 2.00. The molecular weight excluding hydrogens is 276 g/mol. The van der Waals surface area contributed by atoms with E-state index in [0.29, 0.717) is 43.5 Å². The smallest absolute Gasteiger partial charge is 0.339 e. The van der Waals surface area contributed by atoms with Crippen molar-refractivity contribution in [3.05, 3.63) is 17.8 Å². The number of aromatic carboxylic acids is 1. The van der Waals surface area contributed by atoms with Gasteiger partial charge in [-0.05, 0) is 11.3 Å². The number of rotatable bonds is 3. The van der Waals surface area contributed by atoms with Gasteiger partial charge in [0, 0.05) is 24.8 Å². The molecule has 1 aliphatic heterocycles. The van der Waals surface area contributed by atoms with Crippen LogP contribution in [0, 0.1) is 0 Å². The molecule has 3 heterocycles. The lowest BCUT2D eigenvalue weighted by atomic mass is 10.1. The molecule has 2 aromatic heterocycles.